The van der Waals surface area contributed by atoms with Crippen LogP contribution in [0.2, 0.25) is 0 Å². The minimum absolute atomic E-state index is 0.136. The summed E-state index contributed by atoms with van der Waals surface area (Å²) in [6.07, 6.45) is 0. The molecule has 0 saturated heterocycles. The van der Waals surface area contributed by atoms with Crippen LogP contribution >= 0.6 is 12.2 Å². The monoisotopic (exact) mass is 280 g/mol. The molecule has 1 rings (SSSR count). The Morgan fingerprint density at radius 2 is 1.68 bits per heavy atom. The van der Waals surface area contributed by atoms with Crippen molar-refractivity contribution in [1.82, 2.24) is 0 Å². The second-order valence-electron chi connectivity index (χ2n) is 4.12. The molecule has 7 heteroatoms. The van der Waals surface area contributed by atoms with Crippen molar-refractivity contribution in [2.45, 2.75) is 6.92 Å². The molecule has 1 aromatic carbocycles. The van der Waals surface area contributed by atoms with Gasteiger partial charge in [0.05, 0.1) is 18.8 Å². The third-order valence-electron chi connectivity index (χ3n) is 2.51. The number of para-hydroxylation sites is 1. The number of carbonyl (C=O) groups is 2. The van der Waals surface area contributed by atoms with Gasteiger partial charge in [-0.3, -0.25) is 9.59 Å². The maximum absolute atomic E-state index is 11.1. The summed E-state index contributed by atoms with van der Waals surface area (Å²) in [6.45, 7) is 1.55. The zero-order valence-corrected chi connectivity index (χ0v) is 11.4. The van der Waals surface area contributed by atoms with Gasteiger partial charge in [0.2, 0.25) is 11.8 Å². The Labute approximate surface area is 116 Å². The molecule has 0 radical (unpaired) electrons. The van der Waals surface area contributed by atoms with Gasteiger partial charge >= 0.3 is 0 Å². The highest BCUT2D eigenvalue weighted by Gasteiger charge is 2.18. The van der Waals surface area contributed by atoms with E-state index in [0.29, 0.717) is 11.3 Å². The van der Waals surface area contributed by atoms with Crippen LogP contribution in [-0.4, -0.2) is 29.9 Å². The lowest BCUT2D eigenvalue weighted by molar-refractivity contribution is -0.117. The number of amides is 2. The maximum Gasteiger partial charge on any atom is 0.236 e. The van der Waals surface area contributed by atoms with E-state index < -0.39 is 11.8 Å². The Morgan fingerprint density at radius 1 is 1.16 bits per heavy atom. The van der Waals surface area contributed by atoms with Gasteiger partial charge in [-0.25, -0.2) is 0 Å². The van der Waals surface area contributed by atoms with Gasteiger partial charge in [-0.05, 0) is 18.6 Å². The molecule has 0 spiro atoms. The van der Waals surface area contributed by atoms with Crippen molar-refractivity contribution in [2.75, 3.05) is 18.0 Å². The molecular formula is C12H16N4O2S. The molecule has 102 valence electrons. The molecule has 0 saturated carbocycles. The van der Waals surface area contributed by atoms with Crippen molar-refractivity contribution in [2.24, 2.45) is 17.2 Å². The van der Waals surface area contributed by atoms with Crippen LogP contribution in [0.15, 0.2) is 18.2 Å². The zero-order chi connectivity index (χ0) is 14.6. The number of hydrogen-bond donors (Lipinski definition) is 3. The first-order valence-corrected chi connectivity index (χ1v) is 5.94. The van der Waals surface area contributed by atoms with E-state index in [2.05, 4.69) is 0 Å². The van der Waals surface area contributed by atoms with Crippen LogP contribution in [0.1, 0.15) is 11.1 Å². The van der Waals surface area contributed by atoms with Crippen LogP contribution in [0.5, 0.6) is 0 Å². The summed E-state index contributed by atoms with van der Waals surface area (Å²) in [7, 11) is 0. The first kappa shape index (κ1) is 14.9. The Bertz CT molecular complexity index is 514. The number of carbonyl (C=O) groups excluding carboxylic acids is 2. The van der Waals surface area contributed by atoms with Gasteiger partial charge < -0.3 is 22.1 Å². The molecule has 6 nitrogen and oxygen atoms in total. The van der Waals surface area contributed by atoms with Crippen molar-refractivity contribution in [3.63, 3.8) is 0 Å². The minimum atomic E-state index is -0.571. The van der Waals surface area contributed by atoms with E-state index in [1.165, 1.54) is 4.90 Å². The summed E-state index contributed by atoms with van der Waals surface area (Å²) < 4.78 is 0. The zero-order valence-electron chi connectivity index (χ0n) is 10.6. The van der Waals surface area contributed by atoms with Crippen molar-refractivity contribution < 1.29 is 9.59 Å². The van der Waals surface area contributed by atoms with Crippen molar-refractivity contribution in [3.05, 3.63) is 29.3 Å². The molecule has 6 N–H and O–H groups in total. The van der Waals surface area contributed by atoms with Crippen molar-refractivity contribution in [3.8, 4) is 0 Å². The van der Waals surface area contributed by atoms with Crippen LogP contribution in [-0.2, 0) is 9.59 Å². The normalized spacial score (nSPS) is 9.95. The molecule has 0 fully saturated rings. The third-order valence-corrected chi connectivity index (χ3v) is 2.73. The summed E-state index contributed by atoms with van der Waals surface area (Å²) in [5, 5.41) is 0. The van der Waals surface area contributed by atoms with Gasteiger partial charge in [0, 0.05) is 5.56 Å². The van der Waals surface area contributed by atoms with Crippen molar-refractivity contribution in [1.29, 1.82) is 0 Å². The van der Waals surface area contributed by atoms with Gasteiger partial charge in [0.15, 0.2) is 0 Å². The summed E-state index contributed by atoms with van der Waals surface area (Å²) in [5.41, 5.74) is 18.0. The van der Waals surface area contributed by atoms with Crippen molar-refractivity contribution >= 4 is 34.7 Å². The van der Waals surface area contributed by atoms with E-state index in [1.807, 2.05) is 13.0 Å². The number of benzene rings is 1. The molecule has 0 aromatic heterocycles. The number of nitrogens with two attached hydrogens (primary N) is 3. The molecule has 0 aliphatic heterocycles. The average Bonchev–Trinajstić information content (AvgIpc) is 2.26. The number of primary amides is 2. The molecule has 0 bridgehead atoms. The fourth-order valence-corrected chi connectivity index (χ4v) is 2.03. The molecule has 0 unspecified atom stereocenters. The number of nitrogens with zero attached hydrogens (tertiary/aromatic N) is 1. The lowest BCUT2D eigenvalue weighted by Crippen LogP contribution is -2.41. The number of anilines is 1. The fourth-order valence-electron chi connectivity index (χ4n) is 1.87. The molecule has 1 aromatic rings. The van der Waals surface area contributed by atoms with Gasteiger partial charge in [-0.15, -0.1) is 0 Å². The number of rotatable bonds is 6. The molecule has 19 heavy (non-hydrogen) atoms. The predicted octanol–water partition coefficient (Wildman–Crippen LogP) is -0.594. The Balaban J connectivity index is 3.31. The molecule has 0 aliphatic rings. The second kappa shape index (κ2) is 6.14. The van der Waals surface area contributed by atoms with Crippen LogP contribution in [0, 0.1) is 6.92 Å². The number of aryl methyl sites for hydroxylation is 1. The first-order chi connectivity index (χ1) is 8.82. The molecule has 2 amide bonds. The van der Waals surface area contributed by atoms with Crippen LogP contribution < -0.4 is 22.1 Å². The lowest BCUT2D eigenvalue weighted by Gasteiger charge is -2.26. The minimum Gasteiger partial charge on any atom is -0.389 e. The van der Waals surface area contributed by atoms with Gasteiger partial charge in [-0.1, -0.05) is 24.4 Å². The average molecular weight is 280 g/mol. The molecular weight excluding hydrogens is 264 g/mol. The van der Waals surface area contributed by atoms with E-state index in [9.17, 15) is 9.59 Å². The van der Waals surface area contributed by atoms with E-state index >= 15 is 0 Å². The first-order valence-electron chi connectivity index (χ1n) is 5.54. The van der Waals surface area contributed by atoms with E-state index in [4.69, 9.17) is 29.4 Å². The lowest BCUT2D eigenvalue weighted by atomic mass is 10.1. The van der Waals surface area contributed by atoms with Gasteiger partial charge in [0.25, 0.3) is 0 Å². The summed E-state index contributed by atoms with van der Waals surface area (Å²) >= 11 is 4.97. The Kier molecular flexibility index (Phi) is 4.82. The smallest absolute Gasteiger partial charge is 0.236 e. The third kappa shape index (κ3) is 3.92. The Morgan fingerprint density at radius 3 is 2.11 bits per heavy atom. The van der Waals surface area contributed by atoms with E-state index in [1.54, 1.807) is 12.1 Å². The number of thiocarbonyl (C=S) groups is 1. The van der Waals surface area contributed by atoms with Crippen LogP contribution in [0.3, 0.4) is 0 Å². The van der Waals surface area contributed by atoms with Gasteiger partial charge in [0.1, 0.15) is 4.99 Å². The standard InChI is InChI=1S/C12H16N4O2S/c1-7-3-2-4-8(12(15)19)11(7)16(5-9(13)17)6-10(14)18/h2-4H,5-6H2,1H3,(H2,13,17)(H2,14,18)(H2,15,19). The van der Waals surface area contributed by atoms with E-state index in [0.717, 1.165) is 5.56 Å². The van der Waals surface area contributed by atoms with Crippen LogP contribution in [0.25, 0.3) is 0 Å². The van der Waals surface area contributed by atoms with E-state index in [-0.39, 0.29) is 18.1 Å². The highest BCUT2D eigenvalue weighted by molar-refractivity contribution is 7.80. The predicted molar refractivity (Wildman–Crippen MR) is 77.7 cm³/mol. The summed E-state index contributed by atoms with van der Waals surface area (Å²) in [6, 6.07) is 5.34. The topological polar surface area (TPSA) is 115 Å². The maximum atomic E-state index is 11.1. The van der Waals surface area contributed by atoms with Gasteiger partial charge in [-0.2, -0.15) is 0 Å². The summed E-state index contributed by atoms with van der Waals surface area (Å²) in [4.78, 5) is 23.9. The SMILES string of the molecule is Cc1cccc(C(N)=S)c1N(CC(N)=O)CC(N)=O. The molecule has 0 aliphatic carbocycles. The van der Waals surface area contributed by atoms with Crippen LogP contribution in [0.4, 0.5) is 5.69 Å². The molecule has 0 heterocycles. The number of hydrogen-bond acceptors (Lipinski definition) is 4. The highest BCUT2D eigenvalue weighted by atomic mass is 32.1. The summed E-state index contributed by atoms with van der Waals surface area (Å²) in [5.74, 6) is -1.14. The highest BCUT2D eigenvalue weighted by Crippen LogP contribution is 2.25. The molecule has 0 atom stereocenters. The Hall–Kier alpha value is -2.15. The fraction of sp³-hybridized carbons (Fsp3) is 0.250. The largest absolute Gasteiger partial charge is 0.389 e. The quantitative estimate of drug-likeness (QED) is 0.602. The second-order valence-corrected chi connectivity index (χ2v) is 4.56.